The summed E-state index contributed by atoms with van der Waals surface area (Å²) in [6, 6.07) is 4.02. The van der Waals surface area contributed by atoms with E-state index in [1.807, 2.05) is 12.1 Å². The van der Waals surface area contributed by atoms with Crippen molar-refractivity contribution in [2.24, 2.45) is 4.40 Å². The van der Waals surface area contributed by atoms with Crippen molar-refractivity contribution in [2.45, 2.75) is 83.5 Å². The molecule has 3 heterocycles. The zero-order chi connectivity index (χ0) is 23.8. The normalized spacial score (nSPS) is 26.8. The van der Waals surface area contributed by atoms with Crippen LogP contribution in [-0.4, -0.2) is 49.4 Å². The number of ether oxygens (including phenoxy) is 2. The smallest absolute Gasteiger partial charge is 0.265 e. The van der Waals surface area contributed by atoms with Crippen LogP contribution in [0.1, 0.15) is 75.0 Å². The largest absolute Gasteiger partial charge is 0.496 e. The molecule has 0 aromatic heterocycles. The number of hydrogen-bond acceptors (Lipinski definition) is 5. The van der Waals surface area contributed by atoms with Gasteiger partial charge in [-0.05, 0) is 89.3 Å². The Morgan fingerprint density at radius 1 is 1.12 bits per heavy atom. The average molecular weight is 475 g/mol. The van der Waals surface area contributed by atoms with Crippen molar-refractivity contribution in [3.8, 4) is 5.75 Å². The zero-order valence-electron chi connectivity index (χ0n) is 20.0. The Bertz CT molecular complexity index is 1080. The number of aryl methyl sites for hydroxylation is 1. The van der Waals surface area contributed by atoms with Crippen molar-refractivity contribution in [1.29, 1.82) is 0 Å². The fourth-order valence-electron chi connectivity index (χ4n) is 4.86. The number of carbonyl (C=O) groups excluding carboxylic acids is 1. The molecule has 33 heavy (non-hydrogen) atoms. The fourth-order valence-corrected chi connectivity index (χ4v) is 5.57. The Morgan fingerprint density at radius 3 is 2.55 bits per heavy atom. The number of allylic oxidation sites excluding steroid dienone is 1. The molecule has 2 bridgehead atoms. The quantitative estimate of drug-likeness (QED) is 0.635. The van der Waals surface area contributed by atoms with Gasteiger partial charge in [0.25, 0.3) is 15.9 Å². The van der Waals surface area contributed by atoms with E-state index in [9.17, 15) is 13.2 Å². The topological polar surface area (TPSA) is 85.3 Å². The number of rotatable bonds is 2. The SMILES string of the molecule is Cc1ccc2c(c1C)C1CCC(CC1)O/C=C1/C(=N/S(=O)(=O)C(C)C)CCCN1C(=O)CO2. The molecule has 1 amide bonds. The lowest BCUT2D eigenvalue weighted by Gasteiger charge is -2.31. The van der Waals surface area contributed by atoms with Gasteiger partial charge < -0.3 is 14.4 Å². The van der Waals surface area contributed by atoms with Crippen molar-refractivity contribution in [3.05, 3.63) is 40.8 Å². The minimum Gasteiger partial charge on any atom is -0.496 e. The van der Waals surface area contributed by atoms with Crippen LogP contribution in [0.25, 0.3) is 0 Å². The Morgan fingerprint density at radius 2 is 1.85 bits per heavy atom. The molecule has 1 aromatic rings. The summed E-state index contributed by atoms with van der Waals surface area (Å²) in [5.74, 6) is 0.919. The molecule has 1 saturated heterocycles. The standard InChI is InChI=1S/C25H34N2O5S/c1-16(2)33(29,30)26-21-6-5-13-27-22(21)14-31-20-10-8-19(9-11-20)25-18(4)17(3)7-12-23(25)32-15-24(27)28/h7,12,14,16,19-20H,5-6,8-11,13,15H2,1-4H3/b22-14-,26-21+. The van der Waals surface area contributed by atoms with Gasteiger partial charge in [-0.15, -0.1) is 0 Å². The molecule has 0 unspecified atom stereocenters. The van der Waals surface area contributed by atoms with E-state index in [0.29, 0.717) is 36.7 Å². The second-order valence-electron chi connectivity index (χ2n) is 9.57. The Kier molecular flexibility index (Phi) is 6.84. The number of amides is 1. The Labute approximate surface area is 196 Å². The third-order valence-electron chi connectivity index (χ3n) is 7.07. The summed E-state index contributed by atoms with van der Waals surface area (Å²) in [5.41, 5.74) is 4.49. The van der Waals surface area contributed by atoms with Crippen molar-refractivity contribution in [1.82, 2.24) is 4.90 Å². The van der Waals surface area contributed by atoms with Crippen LogP contribution in [0.3, 0.4) is 0 Å². The van der Waals surface area contributed by atoms with Crippen molar-refractivity contribution in [3.63, 3.8) is 0 Å². The van der Waals surface area contributed by atoms with Crippen molar-refractivity contribution >= 4 is 21.6 Å². The van der Waals surface area contributed by atoms with Crippen LogP contribution in [0.15, 0.2) is 28.5 Å². The summed E-state index contributed by atoms with van der Waals surface area (Å²) in [6.07, 6.45) is 6.47. The minimum atomic E-state index is -3.66. The third kappa shape index (κ3) is 4.95. The Hall–Kier alpha value is -2.35. The maximum Gasteiger partial charge on any atom is 0.265 e. The highest BCUT2D eigenvalue weighted by Crippen LogP contribution is 2.41. The molecule has 3 aliphatic heterocycles. The molecular weight excluding hydrogens is 440 g/mol. The van der Waals surface area contributed by atoms with E-state index in [1.54, 1.807) is 25.0 Å². The maximum absolute atomic E-state index is 13.2. The average Bonchev–Trinajstić information content (AvgIpc) is 2.80. The summed E-state index contributed by atoms with van der Waals surface area (Å²) in [6.45, 7) is 7.80. The summed E-state index contributed by atoms with van der Waals surface area (Å²) in [7, 11) is -3.66. The zero-order valence-corrected chi connectivity index (χ0v) is 20.8. The number of nitrogens with zero attached hydrogens (tertiary/aromatic N) is 2. The van der Waals surface area contributed by atoms with Gasteiger partial charge in [0.2, 0.25) is 0 Å². The highest BCUT2D eigenvalue weighted by Gasteiger charge is 2.32. The summed E-state index contributed by atoms with van der Waals surface area (Å²) in [4.78, 5) is 14.8. The number of sulfonamides is 1. The van der Waals surface area contributed by atoms with Crippen molar-refractivity contribution < 1.29 is 22.7 Å². The first kappa shape index (κ1) is 23.8. The maximum atomic E-state index is 13.2. The van der Waals surface area contributed by atoms with Crippen LogP contribution >= 0.6 is 0 Å². The van der Waals surface area contributed by atoms with Gasteiger partial charge in [0, 0.05) is 12.1 Å². The molecule has 0 N–H and O–H groups in total. The highest BCUT2D eigenvalue weighted by atomic mass is 32.2. The van der Waals surface area contributed by atoms with E-state index in [4.69, 9.17) is 9.47 Å². The molecule has 4 aliphatic rings. The van der Waals surface area contributed by atoms with Crippen LogP contribution in [-0.2, 0) is 19.6 Å². The van der Waals surface area contributed by atoms with Crippen LogP contribution in [0, 0.1) is 13.8 Å². The van der Waals surface area contributed by atoms with Gasteiger partial charge in [-0.2, -0.15) is 4.40 Å². The van der Waals surface area contributed by atoms with E-state index in [0.717, 1.165) is 31.4 Å². The second-order valence-corrected chi connectivity index (χ2v) is 11.7. The van der Waals surface area contributed by atoms with Gasteiger partial charge in [0.1, 0.15) is 17.7 Å². The van der Waals surface area contributed by atoms with Crippen LogP contribution in [0.5, 0.6) is 5.75 Å². The van der Waals surface area contributed by atoms with Gasteiger partial charge in [0.15, 0.2) is 6.61 Å². The van der Waals surface area contributed by atoms with Crippen LogP contribution in [0.2, 0.25) is 0 Å². The molecule has 5 rings (SSSR count). The number of hydrogen-bond donors (Lipinski definition) is 0. The molecule has 7 nitrogen and oxygen atoms in total. The number of fused-ring (bicyclic) bond motifs is 5. The summed E-state index contributed by atoms with van der Waals surface area (Å²) in [5, 5.41) is -0.630. The summed E-state index contributed by atoms with van der Waals surface area (Å²) < 4.78 is 41.4. The molecular formula is C25H34N2O5S. The van der Waals surface area contributed by atoms with Gasteiger partial charge in [-0.3, -0.25) is 4.79 Å². The van der Waals surface area contributed by atoms with Gasteiger partial charge in [0.05, 0.1) is 17.1 Å². The number of piperidine rings is 1. The second kappa shape index (κ2) is 9.49. The molecule has 180 valence electrons. The lowest BCUT2D eigenvalue weighted by atomic mass is 9.80. The molecule has 1 aromatic carbocycles. The molecule has 0 spiro atoms. The fraction of sp³-hybridized carbons (Fsp3) is 0.600. The van der Waals surface area contributed by atoms with Crippen molar-refractivity contribution in [2.75, 3.05) is 13.2 Å². The van der Waals surface area contributed by atoms with E-state index in [2.05, 4.69) is 18.2 Å². The predicted molar refractivity (Wildman–Crippen MR) is 128 cm³/mol. The van der Waals surface area contributed by atoms with E-state index in [-0.39, 0.29) is 18.6 Å². The first-order chi connectivity index (χ1) is 15.7. The molecule has 2 fully saturated rings. The molecule has 0 atom stereocenters. The number of benzene rings is 1. The van der Waals surface area contributed by atoms with Gasteiger partial charge in [-0.1, -0.05) is 6.07 Å². The minimum absolute atomic E-state index is 0.0332. The molecule has 0 radical (unpaired) electrons. The monoisotopic (exact) mass is 474 g/mol. The van der Waals surface area contributed by atoms with E-state index in [1.165, 1.54) is 16.7 Å². The van der Waals surface area contributed by atoms with Gasteiger partial charge >= 0.3 is 0 Å². The first-order valence-corrected chi connectivity index (χ1v) is 13.4. The predicted octanol–water partition coefficient (Wildman–Crippen LogP) is 4.38. The molecule has 1 aliphatic carbocycles. The summed E-state index contributed by atoms with van der Waals surface area (Å²) >= 11 is 0. The Balaban J connectivity index is 1.73. The molecule has 1 saturated carbocycles. The van der Waals surface area contributed by atoms with Crippen LogP contribution in [0.4, 0.5) is 0 Å². The van der Waals surface area contributed by atoms with E-state index < -0.39 is 15.3 Å². The lowest BCUT2D eigenvalue weighted by molar-refractivity contribution is -0.131. The lowest BCUT2D eigenvalue weighted by Crippen LogP contribution is -2.41. The first-order valence-electron chi connectivity index (χ1n) is 11.9. The van der Waals surface area contributed by atoms with Crippen LogP contribution < -0.4 is 4.74 Å². The number of carbonyl (C=O) groups is 1. The van der Waals surface area contributed by atoms with Gasteiger partial charge in [-0.25, -0.2) is 8.42 Å². The highest BCUT2D eigenvalue weighted by molar-refractivity contribution is 7.90. The van der Waals surface area contributed by atoms with E-state index >= 15 is 0 Å². The third-order valence-corrected chi connectivity index (χ3v) is 8.73. The molecule has 8 heteroatoms.